The van der Waals surface area contributed by atoms with Gasteiger partial charge in [-0.2, -0.15) is 5.10 Å². The minimum absolute atomic E-state index is 0.169. The molecule has 0 radical (unpaired) electrons. The molecule has 1 amide bonds. The molecule has 1 aromatic carbocycles. The minimum atomic E-state index is -1.65. The first-order valence-electron chi connectivity index (χ1n) is 8.59. The number of hydrogen-bond acceptors (Lipinski definition) is 5. The van der Waals surface area contributed by atoms with E-state index in [4.69, 9.17) is 0 Å². The standard InChI is InChI=1S/C20H21N3O3S/c1-14(13-21-19(25)20(2,26)15-7-4-3-5-8-15)23-18(24)11-10-16(22-23)17-9-6-12-27-17/h3-12,14,26H,13H2,1-2H3,(H,21,25)/t14-,20-/m1/s1. The quantitative estimate of drug-likeness (QED) is 0.685. The number of carbonyl (C=O) groups excluding carboxylic acids is 1. The van der Waals surface area contributed by atoms with Crippen molar-refractivity contribution in [2.45, 2.75) is 25.5 Å². The lowest BCUT2D eigenvalue weighted by Gasteiger charge is -2.24. The molecular weight excluding hydrogens is 362 g/mol. The van der Waals surface area contributed by atoms with Crippen LogP contribution in [0.25, 0.3) is 10.6 Å². The van der Waals surface area contributed by atoms with Gasteiger partial charge in [-0.05, 0) is 36.9 Å². The second-order valence-corrected chi connectivity index (χ2v) is 7.42. The van der Waals surface area contributed by atoms with E-state index in [9.17, 15) is 14.7 Å². The molecule has 0 spiro atoms. The molecule has 0 aliphatic carbocycles. The van der Waals surface area contributed by atoms with Crippen molar-refractivity contribution in [2.24, 2.45) is 0 Å². The molecule has 0 saturated heterocycles. The van der Waals surface area contributed by atoms with E-state index in [1.807, 2.05) is 23.6 Å². The average Bonchev–Trinajstić information content (AvgIpc) is 3.21. The molecule has 2 heterocycles. The molecule has 7 heteroatoms. The first-order chi connectivity index (χ1) is 12.9. The van der Waals surface area contributed by atoms with Crippen molar-refractivity contribution in [3.8, 4) is 10.6 Å². The van der Waals surface area contributed by atoms with E-state index in [0.29, 0.717) is 11.3 Å². The number of hydrogen-bond donors (Lipinski definition) is 2. The van der Waals surface area contributed by atoms with Crippen molar-refractivity contribution in [1.82, 2.24) is 15.1 Å². The molecule has 0 bridgehead atoms. The summed E-state index contributed by atoms with van der Waals surface area (Å²) in [6.07, 6.45) is 0. The topological polar surface area (TPSA) is 84.2 Å². The van der Waals surface area contributed by atoms with E-state index >= 15 is 0 Å². The van der Waals surface area contributed by atoms with Crippen LogP contribution in [0.5, 0.6) is 0 Å². The first-order valence-corrected chi connectivity index (χ1v) is 9.47. The highest BCUT2D eigenvalue weighted by atomic mass is 32.1. The van der Waals surface area contributed by atoms with Crippen LogP contribution in [-0.2, 0) is 10.4 Å². The maximum atomic E-state index is 12.5. The molecule has 2 atom stereocenters. The molecule has 27 heavy (non-hydrogen) atoms. The monoisotopic (exact) mass is 383 g/mol. The first kappa shape index (κ1) is 19.0. The summed E-state index contributed by atoms with van der Waals surface area (Å²) in [5.74, 6) is -0.525. The Morgan fingerprint density at radius 2 is 1.96 bits per heavy atom. The molecule has 2 N–H and O–H groups in total. The molecule has 0 fully saturated rings. The second kappa shape index (κ2) is 7.85. The van der Waals surface area contributed by atoms with E-state index in [1.54, 1.807) is 48.6 Å². The fourth-order valence-corrected chi connectivity index (χ4v) is 3.38. The summed E-state index contributed by atoms with van der Waals surface area (Å²) in [6.45, 7) is 3.41. The normalized spacial score (nSPS) is 14.3. The Morgan fingerprint density at radius 1 is 1.22 bits per heavy atom. The number of benzene rings is 1. The SMILES string of the molecule is C[C@H](CNC(=O)[C@](C)(O)c1ccccc1)n1nc(-c2cccs2)ccc1=O. The number of rotatable bonds is 6. The van der Waals surface area contributed by atoms with Gasteiger partial charge in [-0.15, -0.1) is 11.3 Å². The zero-order valence-corrected chi connectivity index (χ0v) is 15.9. The molecule has 0 saturated carbocycles. The highest BCUT2D eigenvalue weighted by Crippen LogP contribution is 2.22. The number of aromatic nitrogens is 2. The smallest absolute Gasteiger partial charge is 0.267 e. The Labute approximate surface area is 161 Å². The second-order valence-electron chi connectivity index (χ2n) is 6.48. The maximum absolute atomic E-state index is 12.5. The third-order valence-corrected chi connectivity index (χ3v) is 5.24. The van der Waals surface area contributed by atoms with E-state index in [1.165, 1.54) is 17.7 Å². The van der Waals surface area contributed by atoms with Gasteiger partial charge in [0.05, 0.1) is 10.9 Å². The summed E-state index contributed by atoms with van der Waals surface area (Å²) in [6, 6.07) is 15.4. The van der Waals surface area contributed by atoms with Crippen molar-refractivity contribution >= 4 is 17.2 Å². The van der Waals surface area contributed by atoms with Gasteiger partial charge in [-0.25, -0.2) is 4.68 Å². The Kier molecular flexibility index (Phi) is 5.53. The summed E-state index contributed by atoms with van der Waals surface area (Å²) >= 11 is 1.54. The average molecular weight is 383 g/mol. The highest BCUT2D eigenvalue weighted by Gasteiger charge is 2.32. The lowest BCUT2D eigenvalue weighted by Crippen LogP contribution is -2.44. The van der Waals surface area contributed by atoms with Gasteiger partial charge >= 0.3 is 0 Å². The Bertz CT molecular complexity index is 966. The molecule has 3 aromatic rings. The summed E-state index contributed by atoms with van der Waals surface area (Å²) in [4.78, 5) is 25.6. The number of aliphatic hydroxyl groups is 1. The number of nitrogens with one attached hydrogen (secondary N) is 1. The Balaban J connectivity index is 1.72. The van der Waals surface area contributed by atoms with Gasteiger partial charge in [0.2, 0.25) is 0 Å². The van der Waals surface area contributed by atoms with Gasteiger partial charge in [0, 0.05) is 12.6 Å². The van der Waals surface area contributed by atoms with Gasteiger partial charge in [-0.1, -0.05) is 36.4 Å². The lowest BCUT2D eigenvalue weighted by atomic mass is 9.95. The number of carbonyl (C=O) groups is 1. The van der Waals surface area contributed by atoms with Crippen LogP contribution in [0.3, 0.4) is 0 Å². The molecule has 0 aliphatic heterocycles. The fraction of sp³-hybridized carbons (Fsp3) is 0.250. The fourth-order valence-electron chi connectivity index (χ4n) is 2.69. The van der Waals surface area contributed by atoms with Crippen LogP contribution < -0.4 is 10.9 Å². The highest BCUT2D eigenvalue weighted by molar-refractivity contribution is 7.13. The van der Waals surface area contributed by atoms with Crippen LogP contribution in [0, 0.1) is 0 Å². The minimum Gasteiger partial charge on any atom is -0.376 e. The van der Waals surface area contributed by atoms with Gasteiger partial charge in [0.15, 0.2) is 5.60 Å². The molecule has 140 valence electrons. The molecular formula is C20H21N3O3S. The van der Waals surface area contributed by atoms with Crippen molar-refractivity contribution in [3.63, 3.8) is 0 Å². The van der Waals surface area contributed by atoms with Gasteiger partial charge < -0.3 is 10.4 Å². The third-order valence-electron chi connectivity index (χ3n) is 4.35. The van der Waals surface area contributed by atoms with E-state index in [0.717, 1.165) is 4.88 Å². The van der Waals surface area contributed by atoms with Crippen LogP contribution in [-0.4, -0.2) is 27.3 Å². The van der Waals surface area contributed by atoms with Gasteiger partial charge in [0.25, 0.3) is 11.5 Å². The molecule has 6 nitrogen and oxygen atoms in total. The molecule has 0 aliphatic rings. The number of thiophene rings is 1. The lowest BCUT2D eigenvalue weighted by molar-refractivity contribution is -0.139. The van der Waals surface area contributed by atoms with Crippen molar-refractivity contribution in [1.29, 1.82) is 0 Å². The van der Waals surface area contributed by atoms with E-state index in [-0.39, 0.29) is 18.1 Å². The zero-order valence-electron chi connectivity index (χ0n) is 15.1. The summed E-state index contributed by atoms with van der Waals surface area (Å²) in [7, 11) is 0. The van der Waals surface area contributed by atoms with Crippen LogP contribution in [0.2, 0.25) is 0 Å². The Morgan fingerprint density at radius 3 is 2.63 bits per heavy atom. The van der Waals surface area contributed by atoms with Crippen molar-refractivity contribution < 1.29 is 9.90 Å². The number of amides is 1. The Hall–Kier alpha value is -2.77. The van der Waals surface area contributed by atoms with Crippen LogP contribution in [0.15, 0.2) is 64.8 Å². The molecule has 3 rings (SSSR count). The predicted molar refractivity (Wildman–Crippen MR) is 106 cm³/mol. The summed E-state index contributed by atoms with van der Waals surface area (Å²) in [5, 5.41) is 19.6. The van der Waals surface area contributed by atoms with Crippen molar-refractivity contribution in [3.05, 3.63) is 75.9 Å². The van der Waals surface area contributed by atoms with Gasteiger partial charge in [0.1, 0.15) is 5.69 Å². The van der Waals surface area contributed by atoms with Crippen LogP contribution in [0.4, 0.5) is 0 Å². The van der Waals surface area contributed by atoms with E-state index in [2.05, 4.69) is 10.4 Å². The van der Waals surface area contributed by atoms with Crippen molar-refractivity contribution in [2.75, 3.05) is 6.54 Å². The van der Waals surface area contributed by atoms with Crippen LogP contribution >= 0.6 is 11.3 Å². The predicted octanol–water partition coefficient (Wildman–Crippen LogP) is 2.56. The molecule has 2 aromatic heterocycles. The van der Waals surface area contributed by atoms with Gasteiger partial charge in [-0.3, -0.25) is 9.59 Å². The maximum Gasteiger partial charge on any atom is 0.267 e. The summed E-state index contributed by atoms with van der Waals surface area (Å²) < 4.78 is 1.35. The summed E-state index contributed by atoms with van der Waals surface area (Å²) in [5.41, 5.74) is -0.686. The molecule has 0 unspecified atom stereocenters. The largest absolute Gasteiger partial charge is 0.376 e. The number of nitrogens with zero attached hydrogens (tertiary/aromatic N) is 2. The zero-order chi connectivity index (χ0) is 19.4. The van der Waals surface area contributed by atoms with E-state index < -0.39 is 11.5 Å². The van der Waals surface area contributed by atoms with Crippen LogP contribution in [0.1, 0.15) is 25.5 Å². The third kappa shape index (κ3) is 4.15.